The minimum Gasteiger partial charge on any atom is -0.463 e. The minimum atomic E-state index is -0.476. The van der Waals surface area contributed by atoms with Crippen LogP contribution in [0.25, 0.3) is 0 Å². The molecule has 8 nitrogen and oxygen atoms in total. The molecule has 208 valence electrons. The highest BCUT2D eigenvalue weighted by atomic mass is 79.9. The molecule has 0 spiro atoms. The van der Waals surface area contributed by atoms with Gasteiger partial charge in [0.15, 0.2) is 0 Å². The number of carbonyl (C=O) groups excluding carboxylic acids is 2. The summed E-state index contributed by atoms with van der Waals surface area (Å²) < 4.78 is 16.7. The molecule has 0 atom stereocenters. The van der Waals surface area contributed by atoms with Crippen LogP contribution in [-0.4, -0.2) is 57.4 Å². The van der Waals surface area contributed by atoms with Crippen LogP contribution in [0, 0.1) is 0 Å². The molecule has 0 saturated heterocycles. The Bertz CT molecular complexity index is 1290. The largest absolute Gasteiger partial charge is 0.463 e. The lowest BCUT2D eigenvalue weighted by Gasteiger charge is -2.15. The molecule has 0 aliphatic carbocycles. The Balaban J connectivity index is 1.39. The number of hydrogen-bond acceptors (Lipinski definition) is 8. The van der Waals surface area contributed by atoms with Crippen molar-refractivity contribution in [1.29, 1.82) is 0 Å². The number of benzene rings is 3. The van der Waals surface area contributed by atoms with Crippen molar-refractivity contribution in [2.75, 3.05) is 51.6 Å². The Morgan fingerprint density at radius 3 is 2.28 bits per heavy atom. The summed E-state index contributed by atoms with van der Waals surface area (Å²) >= 11 is 15.9. The van der Waals surface area contributed by atoms with Gasteiger partial charge in [-0.05, 0) is 71.5 Å². The fraction of sp³-hybridized carbons (Fsp3) is 0.286. The zero-order chi connectivity index (χ0) is 28.4. The molecule has 0 radical (unpaired) electrons. The Morgan fingerprint density at radius 2 is 1.59 bits per heavy atom. The van der Waals surface area contributed by atoms with Gasteiger partial charge in [0.2, 0.25) is 0 Å². The molecule has 0 saturated carbocycles. The minimum absolute atomic E-state index is 0.0514. The summed E-state index contributed by atoms with van der Waals surface area (Å²) in [5, 5.41) is 4.13. The average molecular weight is 639 g/mol. The third-order valence-corrected chi connectivity index (χ3v) is 6.75. The van der Waals surface area contributed by atoms with Crippen molar-refractivity contribution in [3.05, 3.63) is 85.8 Å². The highest BCUT2D eigenvalue weighted by molar-refractivity contribution is 9.10. The van der Waals surface area contributed by atoms with Crippen molar-refractivity contribution in [3.63, 3.8) is 0 Å². The van der Waals surface area contributed by atoms with E-state index in [-0.39, 0.29) is 32.8 Å². The zero-order valence-corrected chi connectivity index (χ0v) is 24.7. The molecule has 0 bridgehead atoms. The zero-order valence-electron chi connectivity index (χ0n) is 21.6. The summed E-state index contributed by atoms with van der Waals surface area (Å²) in [6.45, 7) is 1.04. The smallest absolute Gasteiger partial charge is 0.338 e. The van der Waals surface area contributed by atoms with Crippen LogP contribution in [0.2, 0.25) is 10.0 Å². The van der Waals surface area contributed by atoms with Crippen molar-refractivity contribution < 1.29 is 23.8 Å². The Labute approximate surface area is 246 Å². The first-order valence-corrected chi connectivity index (χ1v) is 13.6. The van der Waals surface area contributed by atoms with E-state index in [1.54, 1.807) is 30.3 Å². The van der Waals surface area contributed by atoms with Crippen LogP contribution in [0.15, 0.2) is 59.1 Å². The molecular weight excluding hydrogens is 609 g/mol. The van der Waals surface area contributed by atoms with E-state index in [2.05, 4.69) is 21.2 Å². The number of carbonyl (C=O) groups is 2. The molecular formula is C28H30BrCl2N3O5. The Morgan fingerprint density at radius 1 is 0.923 bits per heavy atom. The molecule has 11 heteroatoms. The van der Waals surface area contributed by atoms with Gasteiger partial charge in [0, 0.05) is 16.7 Å². The number of nitrogen functional groups attached to an aromatic ring is 1. The summed E-state index contributed by atoms with van der Waals surface area (Å²) in [5.41, 5.74) is 9.89. The second kappa shape index (κ2) is 15.1. The molecule has 3 aromatic carbocycles. The number of hydrogen-bond donors (Lipinski definition) is 2. The number of esters is 2. The number of anilines is 3. The number of nitrogens with two attached hydrogens (primary N) is 1. The van der Waals surface area contributed by atoms with E-state index in [0.29, 0.717) is 43.7 Å². The first-order valence-electron chi connectivity index (χ1n) is 12.1. The van der Waals surface area contributed by atoms with Gasteiger partial charge < -0.3 is 30.2 Å². The maximum atomic E-state index is 12.4. The van der Waals surface area contributed by atoms with E-state index >= 15 is 0 Å². The van der Waals surface area contributed by atoms with Gasteiger partial charge in [-0.15, -0.1) is 0 Å². The van der Waals surface area contributed by atoms with E-state index in [4.69, 9.17) is 43.1 Å². The number of para-hydroxylation sites is 2. The van der Waals surface area contributed by atoms with Crippen molar-refractivity contribution in [1.82, 2.24) is 4.90 Å². The number of nitrogens with zero attached hydrogens (tertiary/aromatic N) is 1. The lowest BCUT2D eigenvalue weighted by Crippen LogP contribution is -2.17. The number of ether oxygens (including phenoxy) is 3. The molecule has 3 aromatic rings. The monoisotopic (exact) mass is 637 g/mol. The highest BCUT2D eigenvalue weighted by Gasteiger charge is 2.15. The standard InChI is InChI=1S/C28H30BrCl2N3O5/c1-34(2)17-20-14-19(15-21(29)26(20)32)28(36)39-13-11-37-10-12-38-25(35)16-18-6-3-4-9-24(18)33-27-22(30)7-5-8-23(27)31/h3-9,14-15,33H,10-13,16-17,32H2,1-2H3. The lowest BCUT2D eigenvalue weighted by molar-refractivity contribution is -0.144. The van der Waals surface area contributed by atoms with Crippen LogP contribution in [0.5, 0.6) is 0 Å². The summed E-state index contributed by atoms with van der Waals surface area (Å²) in [4.78, 5) is 26.8. The molecule has 0 heterocycles. The van der Waals surface area contributed by atoms with Gasteiger partial charge in [-0.2, -0.15) is 0 Å². The second-order valence-corrected chi connectivity index (χ2v) is 10.5. The van der Waals surface area contributed by atoms with Crippen LogP contribution in [0.3, 0.4) is 0 Å². The lowest BCUT2D eigenvalue weighted by atomic mass is 10.1. The SMILES string of the molecule is CN(C)Cc1cc(C(=O)OCCOCCOC(=O)Cc2ccccc2Nc2c(Cl)cccc2Cl)cc(Br)c1N. The summed E-state index contributed by atoms with van der Waals surface area (Å²) in [6.07, 6.45) is 0.0514. The molecule has 3 N–H and O–H groups in total. The van der Waals surface area contributed by atoms with Crippen LogP contribution >= 0.6 is 39.1 Å². The van der Waals surface area contributed by atoms with Crippen LogP contribution < -0.4 is 11.1 Å². The van der Waals surface area contributed by atoms with E-state index in [9.17, 15) is 9.59 Å². The third-order valence-electron chi connectivity index (χ3n) is 5.46. The molecule has 0 aliphatic heterocycles. The van der Waals surface area contributed by atoms with Gasteiger partial charge >= 0.3 is 11.9 Å². The van der Waals surface area contributed by atoms with Crippen molar-refractivity contribution in [2.45, 2.75) is 13.0 Å². The van der Waals surface area contributed by atoms with Crippen molar-refractivity contribution >= 4 is 68.1 Å². The van der Waals surface area contributed by atoms with Crippen LogP contribution in [0.1, 0.15) is 21.5 Å². The quantitative estimate of drug-likeness (QED) is 0.131. The average Bonchev–Trinajstić information content (AvgIpc) is 2.88. The molecule has 3 rings (SSSR count). The van der Waals surface area contributed by atoms with Crippen molar-refractivity contribution in [2.24, 2.45) is 0 Å². The third kappa shape index (κ3) is 9.40. The van der Waals surface area contributed by atoms with E-state index in [1.165, 1.54) is 0 Å². The van der Waals surface area contributed by atoms with E-state index < -0.39 is 11.9 Å². The first-order chi connectivity index (χ1) is 18.7. The maximum absolute atomic E-state index is 12.4. The Hall–Kier alpha value is -2.82. The number of halogens is 3. The molecule has 0 aliphatic rings. The summed E-state index contributed by atoms with van der Waals surface area (Å²) in [5.74, 6) is -0.886. The topological polar surface area (TPSA) is 103 Å². The van der Waals surface area contributed by atoms with Gasteiger partial charge in [0.1, 0.15) is 13.2 Å². The Kier molecular flexibility index (Phi) is 11.9. The molecule has 0 aromatic heterocycles. The fourth-order valence-electron chi connectivity index (χ4n) is 3.61. The predicted octanol–water partition coefficient (Wildman–Crippen LogP) is 6.10. The van der Waals surface area contributed by atoms with Gasteiger partial charge in [-0.25, -0.2) is 4.79 Å². The number of rotatable bonds is 13. The van der Waals surface area contributed by atoms with Gasteiger partial charge in [-0.3, -0.25) is 4.79 Å². The second-order valence-electron chi connectivity index (χ2n) is 8.79. The fourth-order valence-corrected chi connectivity index (χ4v) is 4.61. The highest BCUT2D eigenvalue weighted by Crippen LogP contribution is 2.33. The first kappa shape index (κ1) is 30.7. The van der Waals surface area contributed by atoms with E-state index in [1.807, 2.05) is 43.3 Å². The van der Waals surface area contributed by atoms with Gasteiger partial charge in [-0.1, -0.05) is 47.5 Å². The summed E-state index contributed by atoms with van der Waals surface area (Å²) in [6, 6.07) is 15.9. The predicted molar refractivity (Wildman–Crippen MR) is 158 cm³/mol. The van der Waals surface area contributed by atoms with Crippen LogP contribution in [-0.2, 0) is 32.0 Å². The van der Waals surface area contributed by atoms with Crippen LogP contribution in [0.4, 0.5) is 17.1 Å². The summed E-state index contributed by atoms with van der Waals surface area (Å²) in [7, 11) is 3.84. The van der Waals surface area contributed by atoms with Gasteiger partial charge in [0.25, 0.3) is 0 Å². The van der Waals surface area contributed by atoms with E-state index in [0.717, 1.165) is 11.1 Å². The van der Waals surface area contributed by atoms with Crippen molar-refractivity contribution in [3.8, 4) is 0 Å². The maximum Gasteiger partial charge on any atom is 0.338 e. The molecule has 0 fully saturated rings. The molecule has 39 heavy (non-hydrogen) atoms. The molecule has 0 amide bonds. The normalized spacial score (nSPS) is 10.9. The number of nitrogens with one attached hydrogen (secondary N) is 1. The van der Waals surface area contributed by atoms with Gasteiger partial charge in [0.05, 0.1) is 46.6 Å². The molecule has 0 unspecified atom stereocenters.